The first-order valence-electron chi connectivity index (χ1n) is 8.19. The molecule has 0 radical (unpaired) electrons. The summed E-state index contributed by atoms with van der Waals surface area (Å²) < 4.78 is 0. The average molecular weight is 304 g/mol. The van der Waals surface area contributed by atoms with Crippen LogP contribution in [-0.4, -0.2) is 41.1 Å². The van der Waals surface area contributed by atoms with Crippen molar-refractivity contribution in [2.24, 2.45) is 5.92 Å². The maximum absolute atomic E-state index is 12.5. The molecule has 122 valence electrons. The number of carbonyl (C=O) groups excluding carboxylic acids is 1. The number of nitrogens with zero attached hydrogens (tertiary/aromatic N) is 1. The molecule has 4 heteroatoms. The summed E-state index contributed by atoms with van der Waals surface area (Å²) in [5.74, 6) is 0.296. The van der Waals surface area contributed by atoms with Crippen molar-refractivity contribution in [3.63, 3.8) is 0 Å². The number of likely N-dealkylation sites (tertiary alicyclic amines) is 1. The van der Waals surface area contributed by atoms with Gasteiger partial charge in [0.25, 0.3) is 0 Å². The van der Waals surface area contributed by atoms with Crippen LogP contribution in [0.25, 0.3) is 0 Å². The van der Waals surface area contributed by atoms with Gasteiger partial charge in [-0.3, -0.25) is 9.69 Å². The largest absolute Gasteiger partial charge is 0.393 e. The molecule has 2 N–H and O–H groups in total. The molecule has 0 saturated carbocycles. The summed E-state index contributed by atoms with van der Waals surface area (Å²) in [4.78, 5) is 14.7. The lowest BCUT2D eigenvalue weighted by Gasteiger charge is -2.37. The topological polar surface area (TPSA) is 52.6 Å². The van der Waals surface area contributed by atoms with Crippen LogP contribution in [0.3, 0.4) is 0 Å². The smallest absolute Gasteiger partial charge is 0.241 e. The van der Waals surface area contributed by atoms with Crippen LogP contribution in [0.2, 0.25) is 0 Å². The molecule has 2 rings (SSSR count). The number of nitrogens with one attached hydrogen (secondary N) is 1. The summed E-state index contributed by atoms with van der Waals surface area (Å²) in [5, 5.41) is 12.8. The standard InChI is InChI=1S/C18H28N2O2/c1-12-7-5-9-17(13(12)2)19-18(22)14(3)20-10-6-8-16(11-20)15(4)21/h5,7,9,14-16,21H,6,8,10-11H2,1-4H3,(H,19,22). The quantitative estimate of drug-likeness (QED) is 0.899. The third-order valence-corrected chi connectivity index (χ3v) is 4.96. The Morgan fingerprint density at radius 2 is 2.09 bits per heavy atom. The van der Waals surface area contributed by atoms with E-state index in [9.17, 15) is 9.90 Å². The number of aliphatic hydroxyl groups excluding tert-OH is 1. The van der Waals surface area contributed by atoms with Crippen molar-refractivity contribution >= 4 is 11.6 Å². The summed E-state index contributed by atoms with van der Waals surface area (Å²) in [7, 11) is 0. The number of hydrogen-bond donors (Lipinski definition) is 2. The highest BCUT2D eigenvalue weighted by molar-refractivity contribution is 5.95. The average Bonchev–Trinajstić information content (AvgIpc) is 2.51. The molecule has 1 aliphatic rings. The Labute approximate surface area is 133 Å². The second-order valence-electron chi connectivity index (χ2n) is 6.55. The highest BCUT2D eigenvalue weighted by atomic mass is 16.3. The first kappa shape index (κ1) is 17.0. The highest BCUT2D eigenvalue weighted by Gasteiger charge is 2.29. The summed E-state index contributed by atoms with van der Waals surface area (Å²) in [6.45, 7) is 9.58. The normalized spacial score (nSPS) is 22.1. The van der Waals surface area contributed by atoms with Gasteiger partial charge >= 0.3 is 0 Å². The Kier molecular flexibility index (Phi) is 5.59. The molecule has 1 fully saturated rings. The molecule has 4 nitrogen and oxygen atoms in total. The number of anilines is 1. The Bertz CT molecular complexity index is 528. The van der Waals surface area contributed by atoms with E-state index in [0.717, 1.165) is 37.2 Å². The summed E-state index contributed by atoms with van der Waals surface area (Å²) in [5.41, 5.74) is 3.18. The van der Waals surface area contributed by atoms with E-state index in [2.05, 4.69) is 10.2 Å². The van der Waals surface area contributed by atoms with E-state index in [1.54, 1.807) is 0 Å². The van der Waals surface area contributed by atoms with Crippen molar-refractivity contribution in [1.82, 2.24) is 4.90 Å². The predicted molar refractivity (Wildman–Crippen MR) is 90.0 cm³/mol. The van der Waals surface area contributed by atoms with Gasteiger partial charge in [0.2, 0.25) is 5.91 Å². The van der Waals surface area contributed by atoms with Crippen molar-refractivity contribution < 1.29 is 9.90 Å². The van der Waals surface area contributed by atoms with Crippen molar-refractivity contribution in [2.45, 2.75) is 52.7 Å². The monoisotopic (exact) mass is 304 g/mol. The van der Waals surface area contributed by atoms with Gasteiger partial charge in [-0.2, -0.15) is 0 Å². The second-order valence-corrected chi connectivity index (χ2v) is 6.55. The molecule has 0 spiro atoms. The van der Waals surface area contributed by atoms with Crippen LogP contribution in [0.5, 0.6) is 0 Å². The van der Waals surface area contributed by atoms with Crippen LogP contribution in [0.1, 0.15) is 37.8 Å². The van der Waals surface area contributed by atoms with Gasteiger partial charge in [-0.25, -0.2) is 0 Å². The number of piperidine rings is 1. The van der Waals surface area contributed by atoms with Gasteiger partial charge in [0.1, 0.15) is 0 Å². The molecule has 1 aromatic rings. The Balaban J connectivity index is 2.01. The van der Waals surface area contributed by atoms with Gasteiger partial charge in [0, 0.05) is 12.2 Å². The minimum Gasteiger partial charge on any atom is -0.393 e. The first-order chi connectivity index (χ1) is 10.4. The van der Waals surface area contributed by atoms with Crippen LogP contribution >= 0.6 is 0 Å². The van der Waals surface area contributed by atoms with Crippen LogP contribution in [0.15, 0.2) is 18.2 Å². The SMILES string of the molecule is Cc1cccc(NC(=O)C(C)N2CCCC(C(C)O)C2)c1C. The van der Waals surface area contributed by atoms with E-state index < -0.39 is 0 Å². The third-order valence-electron chi connectivity index (χ3n) is 4.96. The van der Waals surface area contributed by atoms with Crippen molar-refractivity contribution in [1.29, 1.82) is 0 Å². The Hall–Kier alpha value is -1.39. The lowest BCUT2D eigenvalue weighted by atomic mass is 9.92. The van der Waals surface area contributed by atoms with Crippen LogP contribution in [-0.2, 0) is 4.79 Å². The summed E-state index contributed by atoms with van der Waals surface area (Å²) >= 11 is 0. The highest BCUT2D eigenvalue weighted by Crippen LogP contribution is 2.23. The van der Waals surface area contributed by atoms with Gasteiger partial charge < -0.3 is 10.4 Å². The number of rotatable bonds is 4. The van der Waals surface area contributed by atoms with Crippen LogP contribution < -0.4 is 5.32 Å². The lowest BCUT2D eigenvalue weighted by Crippen LogP contribution is -2.48. The minimum atomic E-state index is -0.308. The number of hydrogen-bond acceptors (Lipinski definition) is 3. The molecule has 3 unspecified atom stereocenters. The first-order valence-corrected chi connectivity index (χ1v) is 8.19. The molecule has 1 heterocycles. The van der Waals surface area contributed by atoms with Crippen molar-refractivity contribution in [3.05, 3.63) is 29.3 Å². The van der Waals surface area contributed by atoms with Gasteiger partial charge in [-0.05, 0) is 70.2 Å². The zero-order valence-corrected chi connectivity index (χ0v) is 14.1. The van der Waals surface area contributed by atoms with Crippen molar-refractivity contribution in [2.75, 3.05) is 18.4 Å². The molecule has 1 saturated heterocycles. The maximum atomic E-state index is 12.5. The van der Waals surface area contributed by atoms with E-state index >= 15 is 0 Å². The molecule has 22 heavy (non-hydrogen) atoms. The number of benzene rings is 1. The molecule has 0 bridgehead atoms. The van der Waals surface area contributed by atoms with Crippen LogP contribution in [0, 0.1) is 19.8 Å². The summed E-state index contributed by atoms with van der Waals surface area (Å²) in [6, 6.07) is 5.78. The Morgan fingerprint density at radius 3 is 2.77 bits per heavy atom. The minimum absolute atomic E-state index is 0.0277. The lowest BCUT2D eigenvalue weighted by molar-refractivity contribution is -0.121. The fourth-order valence-corrected chi connectivity index (χ4v) is 3.08. The zero-order chi connectivity index (χ0) is 16.3. The second kappa shape index (κ2) is 7.25. The molecule has 1 aromatic carbocycles. The molecule has 0 aromatic heterocycles. The van der Waals surface area contributed by atoms with Crippen LogP contribution in [0.4, 0.5) is 5.69 Å². The van der Waals surface area contributed by atoms with Gasteiger partial charge in [0.05, 0.1) is 12.1 Å². The Morgan fingerprint density at radius 1 is 1.36 bits per heavy atom. The number of carbonyl (C=O) groups is 1. The molecule has 0 aliphatic carbocycles. The predicted octanol–water partition coefficient (Wildman–Crippen LogP) is 2.72. The van der Waals surface area contributed by atoms with E-state index in [1.807, 2.05) is 45.9 Å². The molecular weight excluding hydrogens is 276 g/mol. The molecule has 1 aliphatic heterocycles. The van der Waals surface area contributed by atoms with E-state index in [1.165, 1.54) is 5.56 Å². The third kappa shape index (κ3) is 3.87. The summed E-state index contributed by atoms with van der Waals surface area (Å²) in [6.07, 6.45) is 1.77. The van der Waals surface area contributed by atoms with E-state index in [-0.39, 0.29) is 24.0 Å². The maximum Gasteiger partial charge on any atom is 0.241 e. The van der Waals surface area contributed by atoms with Gasteiger partial charge in [-0.15, -0.1) is 0 Å². The van der Waals surface area contributed by atoms with Gasteiger partial charge in [0.15, 0.2) is 0 Å². The van der Waals surface area contributed by atoms with Crippen molar-refractivity contribution in [3.8, 4) is 0 Å². The fraction of sp³-hybridized carbons (Fsp3) is 0.611. The van der Waals surface area contributed by atoms with E-state index in [4.69, 9.17) is 0 Å². The van der Waals surface area contributed by atoms with E-state index in [0.29, 0.717) is 0 Å². The zero-order valence-electron chi connectivity index (χ0n) is 14.1. The fourth-order valence-electron chi connectivity index (χ4n) is 3.08. The van der Waals surface area contributed by atoms with Gasteiger partial charge in [-0.1, -0.05) is 12.1 Å². The number of aliphatic hydroxyl groups is 1. The number of amides is 1. The molecular formula is C18H28N2O2. The molecule has 1 amide bonds. The number of aryl methyl sites for hydroxylation is 1. The molecule has 3 atom stereocenters.